The van der Waals surface area contributed by atoms with Crippen molar-refractivity contribution in [2.75, 3.05) is 28.6 Å². The van der Waals surface area contributed by atoms with E-state index in [0.717, 1.165) is 18.8 Å². The average Bonchev–Trinajstić information content (AvgIpc) is 3.02. The molecule has 1 fully saturated rings. The van der Waals surface area contributed by atoms with Crippen molar-refractivity contribution in [3.63, 3.8) is 0 Å². The fraction of sp³-hybridized carbons (Fsp3) is 0.333. The Balaban J connectivity index is 1.57. The van der Waals surface area contributed by atoms with Gasteiger partial charge in [0.2, 0.25) is 5.88 Å². The second-order valence-electron chi connectivity index (χ2n) is 5.05. The van der Waals surface area contributed by atoms with Crippen molar-refractivity contribution in [2.45, 2.75) is 19.3 Å². The van der Waals surface area contributed by atoms with Crippen LogP contribution in [0.25, 0.3) is 0 Å². The highest BCUT2D eigenvalue weighted by molar-refractivity contribution is 5.98. The van der Waals surface area contributed by atoms with Gasteiger partial charge in [-0.3, -0.25) is 5.32 Å². The normalized spacial score (nSPS) is 14.8. The summed E-state index contributed by atoms with van der Waals surface area (Å²) >= 11 is 0. The Morgan fingerprint density at radius 3 is 2.48 bits per heavy atom. The van der Waals surface area contributed by atoms with Crippen LogP contribution in [0.1, 0.15) is 19.3 Å². The first-order chi connectivity index (χ1) is 10.3. The summed E-state index contributed by atoms with van der Waals surface area (Å²) in [5.74, 6) is 0.317. The van der Waals surface area contributed by atoms with Crippen molar-refractivity contribution in [2.24, 2.45) is 0 Å². The van der Waals surface area contributed by atoms with E-state index in [2.05, 4.69) is 20.7 Å². The SMILES string of the molecule is O=C(Nc1ccc(N2CCCCC2)cc1)Nc1ccno1. The Morgan fingerprint density at radius 1 is 1.05 bits per heavy atom. The van der Waals surface area contributed by atoms with Crippen molar-refractivity contribution in [1.29, 1.82) is 0 Å². The summed E-state index contributed by atoms with van der Waals surface area (Å²) in [5.41, 5.74) is 1.95. The molecule has 110 valence electrons. The standard InChI is InChI=1S/C15H18N4O2/c20-15(18-14-8-9-16-21-14)17-12-4-6-13(7-5-12)19-10-2-1-3-11-19/h4-9H,1-3,10-11H2,(H2,17,18,20). The fourth-order valence-corrected chi connectivity index (χ4v) is 2.46. The minimum Gasteiger partial charge on any atom is -0.372 e. The molecule has 0 radical (unpaired) electrons. The van der Waals surface area contributed by atoms with E-state index in [4.69, 9.17) is 4.52 Å². The maximum atomic E-state index is 11.7. The van der Waals surface area contributed by atoms with Crippen LogP contribution in [0, 0.1) is 0 Å². The van der Waals surface area contributed by atoms with E-state index in [1.54, 1.807) is 6.07 Å². The highest BCUT2D eigenvalue weighted by Crippen LogP contribution is 2.21. The van der Waals surface area contributed by atoms with Crippen molar-refractivity contribution in [3.05, 3.63) is 36.5 Å². The predicted octanol–water partition coefficient (Wildman–Crippen LogP) is 3.31. The van der Waals surface area contributed by atoms with Crippen LogP contribution in [0.5, 0.6) is 0 Å². The molecule has 0 unspecified atom stereocenters. The first-order valence-electron chi connectivity index (χ1n) is 7.15. The molecular weight excluding hydrogens is 268 g/mol. The van der Waals surface area contributed by atoms with Gasteiger partial charge in [0, 0.05) is 30.5 Å². The largest absolute Gasteiger partial charge is 0.372 e. The minimum absolute atomic E-state index is 0.317. The summed E-state index contributed by atoms with van der Waals surface area (Å²) in [5, 5.41) is 8.84. The lowest BCUT2D eigenvalue weighted by molar-refractivity contribution is 0.261. The number of benzene rings is 1. The van der Waals surface area contributed by atoms with Gasteiger partial charge in [-0.15, -0.1) is 0 Å². The summed E-state index contributed by atoms with van der Waals surface area (Å²) in [6, 6.07) is 9.12. The zero-order chi connectivity index (χ0) is 14.5. The molecular formula is C15H18N4O2. The van der Waals surface area contributed by atoms with E-state index >= 15 is 0 Å². The molecule has 0 aliphatic carbocycles. The quantitative estimate of drug-likeness (QED) is 0.908. The molecule has 0 saturated carbocycles. The second-order valence-corrected chi connectivity index (χ2v) is 5.05. The Hall–Kier alpha value is -2.50. The zero-order valence-corrected chi connectivity index (χ0v) is 11.7. The van der Waals surface area contributed by atoms with Gasteiger partial charge in [-0.1, -0.05) is 5.16 Å². The molecule has 1 aromatic heterocycles. The number of rotatable bonds is 3. The molecule has 21 heavy (non-hydrogen) atoms. The molecule has 2 N–H and O–H groups in total. The van der Waals surface area contributed by atoms with Crippen molar-refractivity contribution in [3.8, 4) is 0 Å². The smallest absolute Gasteiger partial charge is 0.326 e. The topological polar surface area (TPSA) is 70.4 Å². The molecule has 6 nitrogen and oxygen atoms in total. The monoisotopic (exact) mass is 286 g/mol. The Morgan fingerprint density at radius 2 is 1.81 bits per heavy atom. The van der Waals surface area contributed by atoms with Crippen LogP contribution in [-0.2, 0) is 0 Å². The van der Waals surface area contributed by atoms with Gasteiger partial charge in [-0.25, -0.2) is 4.79 Å². The third kappa shape index (κ3) is 3.53. The summed E-state index contributed by atoms with van der Waals surface area (Å²) in [7, 11) is 0. The van der Waals surface area contributed by atoms with E-state index in [9.17, 15) is 4.79 Å². The molecule has 0 bridgehead atoms. The lowest BCUT2D eigenvalue weighted by atomic mass is 10.1. The average molecular weight is 286 g/mol. The minimum atomic E-state index is -0.350. The van der Waals surface area contributed by atoms with Crippen molar-refractivity contribution >= 4 is 23.3 Å². The molecule has 1 aliphatic rings. The van der Waals surface area contributed by atoms with Crippen LogP contribution < -0.4 is 15.5 Å². The summed E-state index contributed by atoms with van der Waals surface area (Å²) < 4.78 is 4.81. The van der Waals surface area contributed by atoms with Crippen LogP contribution in [0.3, 0.4) is 0 Å². The van der Waals surface area contributed by atoms with Crippen LogP contribution in [0.15, 0.2) is 41.1 Å². The highest BCUT2D eigenvalue weighted by atomic mass is 16.5. The molecule has 2 heterocycles. The second kappa shape index (κ2) is 6.30. The maximum absolute atomic E-state index is 11.7. The van der Waals surface area contributed by atoms with E-state index in [1.807, 2.05) is 24.3 Å². The third-order valence-electron chi connectivity index (χ3n) is 3.52. The van der Waals surface area contributed by atoms with E-state index in [0.29, 0.717) is 5.88 Å². The lowest BCUT2D eigenvalue weighted by Gasteiger charge is -2.28. The molecule has 1 aromatic carbocycles. The number of hydrogen-bond donors (Lipinski definition) is 2. The van der Waals surface area contributed by atoms with Gasteiger partial charge < -0.3 is 14.7 Å². The Bertz CT molecular complexity index is 574. The Kier molecular flexibility index (Phi) is 4.04. The van der Waals surface area contributed by atoms with Gasteiger partial charge in [0.05, 0.1) is 6.20 Å². The number of urea groups is 1. The van der Waals surface area contributed by atoms with Gasteiger partial charge in [0.1, 0.15) is 0 Å². The van der Waals surface area contributed by atoms with Gasteiger partial charge >= 0.3 is 6.03 Å². The van der Waals surface area contributed by atoms with Gasteiger partial charge in [0.15, 0.2) is 0 Å². The number of carbonyl (C=O) groups excluding carboxylic acids is 1. The number of hydrogen-bond acceptors (Lipinski definition) is 4. The molecule has 2 amide bonds. The number of nitrogens with one attached hydrogen (secondary N) is 2. The number of piperidine rings is 1. The predicted molar refractivity (Wildman–Crippen MR) is 81.7 cm³/mol. The van der Waals surface area contributed by atoms with Crippen LogP contribution in [0.2, 0.25) is 0 Å². The summed E-state index contributed by atoms with van der Waals surface area (Å²) in [4.78, 5) is 14.1. The van der Waals surface area contributed by atoms with Crippen molar-refractivity contribution < 1.29 is 9.32 Å². The highest BCUT2D eigenvalue weighted by Gasteiger charge is 2.11. The third-order valence-corrected chi connectivity index (χ3v) is 3.52. The molecule has 1 aliphatic heterocycles. The zero-order valence-electron chi connectivity index (χ0n) is 11.7. The van der Waals surface area contributed by atoms with Gasteiger partial charge in [0.25, 0.3) is 0 Å². The maximum Gasteiger partial charge on any atom is 0.326 e. The first kappa shape index (κ1) is 13.5. The molecule has 0 spiro atoms. The molecule has 3 rings (SSSR count). The van der Waals surface area contributed by atoms with E-state index in [-0.39, 0.29) is 6.03 Å². The van der Waals surface area contributed by atoms with E-state index < -0.39 is 0 Å². The van der Waals surface area contributed by atoms with Gasteiger partial charge in [-0.2, -0.15) is 0 Å². The van der Waals surface area contributed by atoms with E-state index in [1.165, 1.54) is 31.1 Å². The van der Waals surface area contributed by atoms with Crippen LogP contribution >= 0.6 is 0 Å². The van der Waals surface area contributed by atoms with Gasteiger partial charge in [-0.05, 0) is 43.5 Å². The van der Waals surface area contributed by atoms with Crippen LogP contribution in [0.4, 0.5) is 22.1 Å². The summed E-state index contributed by atoms with van der Waals surface area (Å²) in [6.45, 7) is 2.22. The fourth-order valence-electron chi connectivity index (χ4n) is 2.46. The Labute approximate surface area is 123 Å². The summed E-state index contributed by atoms with van der Waals surface area (Å²) in [6.07, 6.45) is 5.29. The number of nitrogens with zero attached hydrogens (tertiary/aromatic N) is 2. The molecule has 0 atom stereocenters. The molecule has 1 saturated heterocycles. The number of aromatic nitrogens is 1. The molecule has 2 aromatic rings. The number of amides is 2. The molecule has 6 heteroatoms. The number of carbonyl (C=O) groups is 1. The van der Waals surface area contributed by atoms with Crippen LogP contribution in [-0.4, -0.2) is 24.3 Å². The van der Waals surface area contributed by atoms with Crippen molar-refractivity contribution in [1.82, 2.24) is 5.16 Å². The number of anilines is 3. The lowest BCUT2D eigenvalue weighted by Crippen LogP contribution is -2.29. The first-order valence-corrected chi connectivity index (χ1v) is 7.15.